The van der Waals surface area contributed by atoms with Crippen LogP contribution in [0.15, 0.2) is 47.2 Å². The summed E-state index contributed by atoms with van der Waals surface area (Å²) < 4.78 is 46.7. The summed E-state index contributed by atoms with van der Waals surface area (Å²) in [6, 6.07) is 5.59. The molecular weight excluding hydrogens is 648 g/mol. The molecule has 0 aliphatic carbocycles. The number of hydrogen-bond donors (Lipinski definition) is 4. The molecule has 248 valence electrons. The van der Waals surface area contributed by atoms with Crippen LogP contribution >= 0.6 is 11.3 Å². The number of rotatable bonds is 15. The molecule has 1 aliphatic rings. The lowest BCUT2D eigenvalue weighted by Gasteiger charge is -2.51. The molecular formula is C26H32N8O10S2. The van der Waals surface area contributed by atoms with Crippen LogP contribution in [0.3, 0.4) is 0 Å². The highest BCUT2D eigenvalue weighted by Crippen LogP contribution is 2.33. The summed E-state index contributed by atoms with van der Waals surface area (Å²) in [5.74, 6) is -3.17. The van der Waals surface area contributed by atoms with Crippen molar-refractivity contribution in [3.63, 3.8) is 0 Å². The Bertz CT molecular complexity index is 1740. The Hall–Kier alpha value is -4.63. The third-order valence-electron chi connectivity index (χ3n) is 6.84. The Kier molecular flexibility index (Phi) is 10.3. The van der Waals surface area contributed by atoms with Crippen LogP contribution in [0.2, 0.25) is 0 Å². The Morgan fingerprint density at radius 2 is 1.98 bits per heavy atom. The molecule has 1 aliphatic heterocycles. The number of amides is 2. The van der Waals surface area contributed by atoms with Crippen molar-refractivity contribution in [2.24, 2.45) is 17.9 Å². The Morgan fingerprint density at radius 1 is 1.28 bits per heavy atom. The van der Waals surface area contributed by atoms with Crippen molar-refractivity contribution in [1.82, 2.24) is 20.0 Å². The number of hydrogen-bond acceptors (Lipinski definition) is 14. The summed E-state index contributed by atoms with van der Waals surface area (Å²) in [5.41, 5.74) is 11.1. The second kappa shape index (κ2) is 13.8. The van der Waals surface area contributed by atoms with Gasteiger partial charge in [0.25, 0.3) is 17.9 Å². The lowest BCUT2D eigenvalue weighted by atomic mass is 9.84. The van der Waals surface area contributed by atoms with Crippen LogP contribution in [0.4, 0.5) is 5.13 Å². The zero-order chi connectivity index (χ0) is 33.8. The number of benzene rings is 1. The first-order chi connectivity index (χ1) is 21.6. The first-order valence-electron chi connectivity index (χ1n) is 13.6. The van der Waals surface area contributed by atoms with Gasteiger partial charge in [-0.2, -0.15) is 14.0 Å². The van der Waals surface area contributed by atoms with Crippen LogP contribution in [-0.2, 0) is 47.5 Å². The highest BCUT2D eigenvalue weighted by Gasteiger charge is 2.57. The van der Waals surface area contributed by atoms with E-state index in [1.54, 1.807) is 12.1 Å². The van der Waals surface area contributed by atoms with Crippen LogP contribution in [0.5, 0.6) is 5.75 Å². The molecule has 2 amide bonds. The fourth-order valence-electron chi connectivity index (χ4n) is 4.38. The fourth-order valence-corrected chi connectivity index (χ4v) is 5.38. The smallest absolute Gasteiger partial charge is 0.351 e. The highest BCUT2D eigenvalue weighted by atomic mass is 32.3. The van der Waals surface area contributed by atoms with E-state index in [1.165, 1.54) is 19.2 Å². The minimum atomic E-state index is -5.26. The van der Waals surface area contributed by atoms with Gasteiger partial charge < -0.3 is 36.0 Å². The first-order valence-corrected chi connectivity index (χ1v) is 15.8. The quantitative estimate of drug-likeness (QED) is 0.0380. The third-order valence-corrected chi connectivity index (χ3v) is 7.85. The molecule has 3 aromatic rings. The number of β-lactam (4-membered cyclic amide) rings is 1. The number of aryl methyl sites for hydroxylation is 2. The van der Waals surface area contributed by atoms with Crippen molar-refractivity contribution in [3.8, 4) is 16.9 Å². The van der Waals surface area contributed by atoms with Crippen LogP contribution in [0.25, 0.3) is 11.1 Å². The summed E-state index contributed by atoms with van der Waals surface area (Å²) in [6.07, 6.45) is 3.11. The van der Waals surface area contributed by atoms with Gasteiger partial charge in [0.15, 0.2) is 17.9 Å². The molecule has 0 spiro atoms. The van der Waals surface area contributed by atoms with E-state index >= 15 is 0 Å². The average Bonchev–Trinajstić information content (AvgIpc) is 3.59. The van der Waals surface area contributed by atoms with E-state index in [0.717, 1.165) is 35.4 Å². The summed E-state index contributed by atoms with van der Waals surface area (Å²) in [5, 5.41) is 17.5. The number of carbonyl (C=O) groups excluding carboxylic acids is 2. The molecule has 18 nitrogen and oxygen atoms in total. The maximum absolute atomic E-state index is 13.2. The maximum atomic E-state index is 13.2. The number of carbonyl (C=O) groups is 3. The number of anilines is 1. The molecule has 4 rings (SSSR count). The van der Waals surface area contributed by atoms with Gasteiger partial charge in [-0.25, -0.2) is 18.2 Å². The van der Waals surface area contributed by atoms with Crippen molar-refractivity contribution in [2.45, 2.75) is 44.5 Å². The average molecular weight is 681 g/mol. The van der Waals surface area contributed by atoms with Gasteiger partial charge in [0.1, 0.15) is 24.1 Å². The topological polar surface area (TPSA) is 258 Å². The van der Waals surface area contributed by atoms with Crippen LogP contribution in [0.1, 0.15) is 26.0 Å². The fraction of sp³-hybridized carbons (Fsp3) is 0.385. The van der Waals surface area contributed by atoms with E-state index in [4.69, 9.17) is 21.0 Å². The Labute approximate surface area is 267 Å². The van der Waals surface area contributed by atoms with E-state index < -0.39 is 58.2 Å². The van der Waals surface area contributed by atoms with Gasteiger partial charge in [-0.1, -0.05) is 17.3 Å². The summed E-state index contributed by atoms with van der Waals surface area (Å²) in [4.78, 5) is 46.7. The van der Waals surface area contributed by atoms with Gasteiger partial charge in [0.05, 0.1) is 23.8 Å². The van der Waals surface area contributed by atoms with Gasteiger partial charge >= 0.3 is 5.97 Å². The highest BCUT2D eigenvalue weighted by molar-refractivity contribution is 7.80. The summed E-state index contributed by atoms with van der Waals surface area (Å²) >= 11 is 0.954. The molecule has 0 radical (unpaired) electrons. The first kappa shape index (κ1) is 34.2. The number of aromatic nitrogens is 3. The van der Waals surface area contributed by atoms with Crippen molar-refractivity contribution >= 4 is 50.4 Å². The predicted molar refractivity (Wildman–Crippen MR) is 159 cm³/mol. The molecule has 20 heteroatoms. The van der Waals surface area contributed by atoms with Crippen LogP contribution in [-0.4, -0.2) is 87.1 Å². The molecule has 0 saturated carbocycles. The van der Waals surface area contributed by atoms with Crippen LogP contribution < -0.4 is 26.2 Å². The lowest BCUT2D eigenvalue weighted by molar-refractivity contribution is -0.753. The number of carboxylic acid groups (broad SMARTS) is 1. The van der Waals surface area contributed by atoms with E-state index in [0.29, 0.717) is 17.4 Å². The molecule has 1 saturated heterocycles. The third kappa shape index (κ3) is 7.95. The molecule has 1 unspecified atom stereocenters. The number of aliphatic carboxylic acids is 1. The Balaban J connectivity index is 1.44. The van der Waals surface area contributed by atoms with Gasteiger partial charge in [-0.15, -0.1) is 16.0 Å². The number of nitrogens with two attached hydrogens (primary N) is 2. The number of carboxylic acids is 1. The SMILES string of the molecule is C[n+]1cc(-c2ccc(OC[C@H](O/N=C(/C(=O)NC3C(=O)N(OS(=O)(=O)[O-])C3(C)C)c3csc(N)n3)C(=O)O)cc2)cn1CCCN. The molecule has 2 atom stereocenters. The van der Waals surface area contributed by atoms with E-state index in [-0.39, 0.29) is 10.8 Å². The number of nitrogen functional groups attached to an aromatic ring is 1. The van der Waals surface area contributed by atoms with E-state index in [9.17, 15) is 32.5 Å². The zero-order valence-electron chi connectivity index (χ0n) is 24.9. The normalized spacial score (nSPS) is 16.9. The molecule has 1 fully saturated rings. The second-order valence-corrected chi connectivity index (χ2v) is 12.4. The number of hydroxylamine groups is 2. The molecule has 0 bridgehead atoms. The maximum Gasteiger partial charge on any atom is 0.351 e. The molecule has 6 N–H and O–H groups in total. The number of ether oxygens (including phenoxy) is 1. The standard InChI is InChI=1S/C26H32N8O10S2/c1-26(2)21(23(36)34(26)44-46(39,40)41)30-22(35)20(18-14-45-25(28)29-18)31-43-19(24(37)38)13-42-17-7-5-15(6-8-17)16-11-32(3)33(12-16)10-4-9-27/h5-8,11-12,14,19,21H,4,9-10,13,27H2,1-3H3,(H4-,28,29,30,35,37,38,39,40,41)/b31-20+/t19-,21?/m0/s1. The summed E-state index contributed by atoms with van der Waals surface area (Å²) in [7, 11) is -3.34. The van der Waals surface area contributed by atoms with Crippen molar-refractivity contribution < 1.29 is 51.0 Å². The van der Waals surface area contributed by atoms with Crippen molar-refractivity contribution in [3.05, 3.63) is 47.7 Å². The number of oxime groups is 1. The molecule has 3 heterocycles. The van der Waals surface area contributed by atoms with Crippen molar-refractivity contribution in [2.75, 3.05) is 18.9 Å². The molecule has 46 heavy (non-hydrogen) atoms. The zero-order valence-corrected chi connectivity index (χ0v) is 26.5. The van der Waals surface area contributed by atoms with Crippen LogP contribution in [0, 0.1) is 0 Å². The molecule has 2 aromatic heterocycles. The van der Waals surface area contributed by atoms with E-state index in [1.807, 2.05) is 40.9 Å². The van der Waals surface area contributed by atoms with Gasteiger partial charge in [0.2, 0.25) is 16.6 Å². The number of thiazole rings is 1. The second-order valence-electron chi connectivity index (χ2n) is 10.5. The lowest BCUT2D eigenvalue weighted by Crippen LogP contribution is -2.76. The van der Waals surface area contributed by atoms with E-state index in [2.05, 4.69) is 19.7 Å². The van der Waals surface area contributed by atoms with Gasteiger partial charge in [-0.3, -0.25) is 9.59 Å². The minimum absolute atomic E-state index is 0.0539. The summed E-state index contributed by atoms with van der Waals surface area (Å²) in [6.45, 7) is 3.52. The predicted octanol–water partition coefficient (Wildman–Crippen LogP) is -0.883. The Morgan fingerprint density at radius 3 is 2.54 bits per heavy atom. The monoisotopic (exact) mass is 680 g/mol. The largest absolute Gasteiger partial charge is 0.724 e. The number of nitrogens with zero attached hydrogens (tertiary/aromatic N) is 5. The van der Waals surface area contributed by atoms with Gasteiger partial charge in [0, 0.05) is 5.38 Å². The van der Waals surface area contributed by atoms with Crippen molar-refractivity contribution in [1.29, 1.82) is 0 Å². The number of nitrogens with one attached hydrogen (secondary N) is 1. The van der Waals surface area contributed by atoms with Gasteiger partial charge in [-0.05, 0) is 44.5 Å². The minimum Gasteiger partial charge on any atom is -0.724 e. The molecule has 1 aromatic carbocycles.